The fraction of sp³-hybridized carbons (Fsp3) is 0.188. The van der Waals surface area contributed by atoms with Crippen LogP contribution < -0.4 is 0 Å². The first kappa shape index (κ1) is 14.2. The molecule has 0 atom stereocenters. The zero-order valence-corrected chi connectivity index (χ0v) is 12.1. The second-order valence-corrected chi connectivity index (χ2v) is 5.08. The van der Waals surface area contributed by atoms with Crippen LogP contribution in [0.4, 0.5) is 4.39 Å². The van der Waals surface area contributed by atoms with Crippen molar-refractivity contribution < 1.29 is 9.18 Å². The van der Waals surface area contributed by atoms with Crippen LogP contribution in [-0.2, 0) is 6.42 Å². The molecule has 0 unspecified atom stereocenters. The number of hydrogen-bond donors (Lipinski definition) is 1. The van der Waals surface area contributed by atoms with Gasteiger partial charge >= 0.3 is 0 Å². The zero-order valence-electron chi connectivity index (χ0n) is 12.1. The predicted octanol–water partition coefficient (Wildman–Crippen LogP) is 2.41. The summed E-state index contributed by atoms with van der Waals surface area (Å²) < 4.78 is 13.2. The number of H-pyrrole nitrogens is 1. The fourth-order valence-corrected chi connectivity index (χ4v) is 2.21. The lowest BCUT2D eigenvalue weighted by molar-refractivity contribution is 0.0786. The van der Waals surface area contributed by atoms with E-state index in [-0.39, 0.29) is 17.5 Å². The molecule has 3 aromatic rings. The van der Waals surface area contributed by atoms with Gasteiger partial charge in [0, 0.05) is 26.0 Å². The minimum atomic E-state index is -0.360. The molecule has 6 heteroatoms. The van der Waals surface area contributed by atoms with Crippen molar-refractivity contribution >= 4 is 16.9 Å². The molecule has 3 rings (SSSR count). The van der Waals surface area contributed by atoms with E-state index in [1.54, 1.807) is 30.4 Å². The highest BCUT2D eigenvalue weighted by Gasteiger charge is 2.16. The predicted molar refractivity (Wildman–Crippen MR) is 81.0 cm³/mol. The Morgan fingerprint density at radius 3 is 2.82 bits per heavy atom. The zero-order chi connectivity index (χ0) is 15.5. The number of aromatic amines is 1. The van der Waals surface area contributed by atoms with E-state index in [4.69, 9.17) is 0 Å². The number of carbonyl (C=O) groups excluding carboxylic acids is 1. The van der Waals surface area contributed by atoms with Crippen LogP contribution in [0.1, 0.15) is 16.2 Å². The summed E-state index contributed by atoms with van der Waals surface area (Å²) in [6.45, 7) is 0.564. The molecule has 1 N–H and O–H groups in total. The number of likely N-dealkylation sites (N-methyl/N-ethyl adjacent to an activating group) is 1. The van der Waals surface area contributed by atoms with Crippen molar-refractivity contribution in [1.82, 2.24) is 19.9 Å². The molecule has 0 aliphatic rings. The van der Waals surface area contributed by atoms with Gasteiger partial charge in [-0.15, -0.1) is 0 Å². The Morgan fingerprint density at radius 2 is 2.05 bits per heavy atom. The number of aromatic nitrogens is 3. The topological polar surface area (TPSA) is 61.9 Å². The van der Waals surface area contributed by atoms with E-state index < -0.39 is 0 Å². The average molecular weight is 298 g/mol. The number of fused-ring (bicyclic) bond motifs is 1. The molecule has 0 aliphatic heterocycles. The maximum Gasteiger partial charge on any atom is 0.289 e. The van der Waals surface area contributed by atoms with Crippen LogP contribution in [0, 0.1) is 5.82 Å². The van der Waals surface area contributed by atoms with Gasteiger partial charge in [-0.3, -0.25) is 9.78 Å². The highest BCUT2D eigenvalue weighted by molar-refractivity contribution is 5.94. The van der Waals surface area contributed by atoms with Gasteiger partial charge in [0.1, 0.15) is 5.82 Å². The van der Waals surface area contributed by atoms with Gasteiger partial charge in [-0.05, 0) is 42.3 Å². The lowest BCUT2D eigenvalue weighted by atomic mass is 10.2. The molecule has 0 fully saturated rings. The number of hydrogen-bond acceptors (Lipinski definition) is 3. The standard InChI is InChI=1S/C16H15FN4O/c1-21(9-6-11-4-7-18-8-5-11)16(22)15-19-13-3-2-12(17)10-14(13)20-15/h2-5,7-8,10H,6,9H2,1H3,(H,19,20). The second-order valence-electron chi connectivity index (χ2n) is 5.08. The Kier molecular flexibility index (Phi) is 3.82. The van der Waals surface area contributed by atoms with E-state index in [9.17, 15) is 9.18 Å². The molecule has 5 nitrogen and oxygen atoms in total. The van der Waals surface area contributed by atoms with Crippen molar-refractivity contribution in [1.29, 1.82) is 0 Å². The van der Waals surface area contributed by atoms with Crippen LogP contribution in [0.5, 0.6) is 0 Å². The first-order chi connectivity index (χ1) is 10.6. The molecule has 0 saturated carbocycles. The summed E-state index contributed by atoms with van der Waals surface area (Å²) >= 11 is 0. The summed E-state index contributed by atoms with van der Waals surface area (Å²) in [5.41, 5.74) is 2.21. The molecule has 2 heterocycles. The van der Waals surface area contributed by atoms with E-state index in [1.807, 2.05) is 12.1 Å². The maximum atomic E-state index is 13.2. The van der Waals surface area contributed by atoms with E-state index in [0.717, 1.165) is 12.0 Å². The van der Waals surface area contributed by atoms with E-state index >= 15 is 0 Å². The number of rotatable bonds is 4. The summed E-state index contributed by atoms with van der Waals surface area (Å²) in [5, 5.41) is 0. The van der Waals surface area contributed by atoms with Crippen molar-refractivity contribution in [3.05, 3.63) is 59.9 Å². The smallest absolute Gasteiger partial charge is 0.289 e. The largest absolute Gasteiger partial charge is 0.339 e. The van der Waals surface area contributed by atoms with Gasteiger partial charge in [0.15, 0.2) is 5.82 Å². The summed E-state index contributed by atoms with van der Waals surface area (Å²) in [7, 11) is 1.72. The molecule has 1 aromatic carbocycles. The van der Waals surface area contributed by atoms with Crippen molar-refractivity contribution in [2.45, 2.75) is 6.42 Å². The molecule has 0 radical (unpaired) electrons. The molecule has 22 heavy (non-hydrogen) atoms. The Bertz CT molecular complexity index is 800. The van der Waals surface area contributed by atoms with E-state index in [1.165, 1.54) is 12.1 Å². The average Bonchev–Trinajstić information content (AvgIpc) is 2.95. The third-order valence-corrected chi connectivity index (χ3v) is 3.48. The molecule has 0 spiro atoms. The molecule has 0 saturated heterocycles. The number of halogens is 1. The third kappa shape index (κ3) is 2.95. The van der Waals surface area contributed by atoms with Crippen LogP contribution >= 0.6 is 0 Å². The van der Waals surface area contributed by atoms with Gasteiger partial charge in [0.05, 0.1) is 11.0 Å². The van der Waals surface area contributed by atoms with Crippen molar-refractivity contribution in [2.24, 2.45) is 0 Å². The minimum Gasteiger partial charge on any atom is -0.339 e. The Hall–Kier alpha value is -2.76. The maximum absolute atomic E-state index is 13.2. The van der Waals surface area contributed by atoms with Gasteiger partial charge in [0.2, 0.25) is 0 Å². The number of imidazole rings is 1. The molecular formula is C16H15FN4O. The normalized spacial score (nSPS) is 10.8. The Labute approximate surface area is 126 Å². The Morgan fingerprint density at radius 1 is 1.27 bits per heavy atom. The fourth-order valence-electron chi connectivity index (χ4n) is 2.21. The summed E-state index contributed by atoms with van der Waals surface area (Å²) in [6.07, 6.45) is 4.19. The molecule has 1 amide bonds. The number of carbonyl (C=O) groups is 1. The van der Waals surface area contributed by atoms with Crippen LogP contribution in [0.3, 0.4) is 0 Å². The molecule has 0 bridgehead atoms. The summed E-state index contributed by atoms with van der Waals surface area (Å²) in [6, 6.07) is 8.04. The molecule has 112 valence electrons. The van der Waals surface area contributed by atoms with Crippen LogP contribution in [0.15, 0.2) is 42.7 Å². The van der Waals surface area contributed by atoms with Gasteiger partial charge in [-0.25, -0.2) is 9.37 Å². The SMILES string of the molecule is CN(CCc1ccncc1)C(=O)c1nc2ccc(F)cc2[nH]1. The van der Waals surface area contributed by atoms with Gasteiger partial charge < -0.3 is 9.88 Å². The number of pyridine rings is 1. The molecule has 0 aliphatic carbocycles. The number of nitrogens with zero attached hydrogens (tertiary/aromatic N) is 3. The summed E-state index contributed by atoms with van der Waals surface area (Å²) in [4.78, 5) is 25.0. The van der Waals surface area contributed by atoms with Crippen molar-refractivity contribution in [3.63, 3.8) is 0 Å². The molecular weight excluding hydrogens is 283 g/mol. The van der Waals surface area contributed by atoms with Crippen LogP contribution in [0.2, 0.25) is 0 Å². The number of benzene rings is 1. The number of amides is 1. The Balaban J connectivity index is 1.71. The first-order valence-electron chi connectivity index (χ1n) is 6.93. The van der Waals surface area contributed by atoms with Crippen molar-refractivity contribution in [2.75, 3.05) is 13.6 Å². The summed E-state index contributed by atoms with van der Waals surface area (Å²) in [5.74, 6) is -0.357. The van der Waals surface area contributed by atoms with Crippen molar-refractivity contribution in [3.8, 4) is 0 Å². The molecule has 2 aromatic heterocycles. The quantitative estimate of drug-likeness (QED) is 0.804. The monoisotopic (exact) mass is 298 g/mol. The lowest BCUT2D eigenvalue weighted by Crippen LogP contribution is -2.29. The minimum absolute atomic E-state index is 0.217. The van der Waals surface area contributed by atoms with E-state index in [2.05, 4.69) is 15.0 Å². The van der Waals surface area contributed by atoms with Gasteiger partial charge in [-0.2, -0.15) is 0 Å². The highest BCUT2D eigenvalue weighted by Crippen LogP contribution is 2.14. The first-order valence-corrected chi connectivity index (χ1v) is 6.93. The van der Waals surface area contributed by atoms with E-state index in [0.29, 0.717) is 17.6 Å². The lowest BCUT2D eigenvalue weighted by Gasteiger charge is -2.15. The van der Waals surface area contributed by atoms with Gasteiger partial charge in [-0.1, -0.05) is 0 Å². The number of nitrogens with one attached hydrogen (secondary N) is 1. The van der Waals surface area contributed by atoms with Gasteiger partial charge in [0.25, 0.3) is 5.91 Å². The third-order valence-electron chi connectivity index (χ3n) is 3.48. The van der Waals surface area contributed by atoms with Crippen LogP contribution in [0.25, 0.3) is 11.0 Å². The highest BCUT2D eigenvalue weighted by atomic mass is 19.1. The van der Waals surface area contributed by atoms with Crippen LogP contribution in [-0.4, -0.2) is 39.4 Å². The second kappa shape index (κ2) is 5.93.